The molecule has 0 bridgehead atoms. The molecule has 0 aliphatic carbocycles. The summed E-state index contributed by atoms with van der Waals surface area (Å²) in [6.45, 7) is 4.19. The lowest BCUT2D eigenvalue weighted by atomic mass is 10.1. The van der Waals surface area contributed by atoms with E-state index in [1.165, 1.54) is 12.1 Å². The van der Waals surface area contributed by atoms with Gasteiger partial charge in [0, 0.05) is 18.2 Å². The zero-order valence-electron chi connectivity index (χ0n) is 9.37. The fourth-order valence-electron chi connectivity index (χ4n) is 1.25. The highest BCUT2D eigenvalue weighted by molar-refractivity contribution is 5.82. The number of anilines is 1. The maximum Gasteiger partial charge on any atom is 0.143 e. The molecule has 0 radical (unpaired) electrons. The molecule has 0 heterocycles. The standard InChI is InChI=1S/C11H16FN3O/c1-7-3-4-9(12)5-10(7)14-6-8(2)11(13)15-16/h3-5,8,14,16H,6H2,1-2H3,(H2,13,15). The van der Waals surface area contributed by atoms with Gasteiger partial charge in [0.25, 0.3) is 0 Å². The summed E-state index contributed by atoms with van der Waals surface area (Å²) in [5, 5.41) is 14.5. The third-order valence-electron chi connectivity index (χ3n) is 2.42. The average molecular weight is 225 g/mol. The van der Waals surface area contributed by atoms with E-state index in [2.05, 4.69) is 10.5 Å². The first-order valence-corrected chi connectivity index (χ1v) is 5.02. The molecular formula is C11H16FN3O. The molecular weight excluding hydrogens is 209 g/mol. The summed E-state index contributed by atoms with van der Waals surface area (Å²) in [5.41, 5.74) is 7.11. The van der Waals surface area contributed by atoms with Gasteiger partial charge in [0.1, 0.15) is 11.7 Å². The molecule has 1 aromatic rings. The molecule has 4 nitrogen and oxygen atoms in total. The van der Waals surface area contributed by atoms with Gasteiger partial charge in [0.15, 0.2) is 0 Å². The van der Waals surface area contributed by atoms with Gasteiger partial charge in [-0.25, -0.2) is 4.39 Å². The summed E-state index contributed by atoms with van der Waals surface area (Å²) < 4.78 is 13.0. The van der Waals surface area contributed by atoms with Crippen LogP contribution in [0.25, 0.3) is 0 Å². The maximum atomic E-state index is 13.0. The van der Waals surface area contributed by atoms with E-state index in [1.54, 1.807) is 6.07 Å². The Labute approximate surface area is 94.0 Å². The van der Waals surface area contributed by atoms with Gasteiger partial charge < -0.3 is 16.3 Å². The van der Waals surface area contributed by atoms with Crippen LogP contribution < -0.4 is 11.1 Å². The van der Waals surface area contributed by atoms with Gasteiger partial charge in [0.2, 0.25) is 0 Å². The molecule has 1 aromatic carbocycles. The van der Waals surface area contributed by atoms with Gasteiger partial charge in [-0.2, -0.15) is 0 Å². The van der Waals surface area contributed by atoms with Crippen LogP contribution in [-0.4, -0.2) is 17.6 Å². The number of rotatable bonds is 4. The predicted octanol–water partition coefficient (Wildman–Crippen LogP) is 1.93. The van der Waals surface area contributed by atoms with E-state index in [1.807, 2.05) is 13.8 Å². The second kappa shape index (κ2) is 5.34. The van der Waals surface area contributed by atoms with Crippen molar-refractivity contribution in [2.75, 3.05) is 11.9 Å². The Morgan fingerprint density at radius 2 is 2.31 bits per heavy atom. The lowest BCUT2D eigenvalue weighted by Crippen LogP contribution is -2.27. The normalized spacial score (nSPS) is 13.6. The second-order valence-electron chi connectivity index (χ2n) is 3.77. The lowest BCUT2D eigenvalue weighted by molar-refractivity contribution is 0.315. The van der Waals surface area contributed by atoms with Crippen LogP contribution in [0.4, 0.5) is 10.1 Å². The van der Waals surface area contributed by atoms with Crippen molar-refractivity contribution in [1.82, 2.24) is 0 Å². The van der Waals surface area contributed by atoms with Gasteiger partial charge in [0.05, 0.1) is 0 Å². The summed E-state index contributed by atoms with van der Waals surface area (Å²) in [6, 6.07) is 4.54. The topological polar surface area (TPSA) is 70.6 Å². The van der Waals surface area contributed by atoms with Crippen LogP contribution in [0.2, 0.25) is 0 Å². The zero-order chi connectivity index (χ0) is 12.1. The van der Waals surface area contributed by atoms with Crippen LogP contribution >= 0.6 is 0 Å². The molecule has 0 fully saturated rings. The Balaban J connectivity index is 2.64. The van der Waals surface area contributed by atoms with Gasteiger partial charge in [-0.3, -0.25) is 0 Å². The van der Waals surface area contributed by atoms with Crippen LogP contribution in [-0.2, 0) is 0 Å². The second-order valence-corrected chi connectivity index (χ2v) is 3.77. The monoisotopic (exact) mass is 225 g/mol. The van der Waals surface area contributed by atoms with E-state index in [0.717, 1.165) is 11.3 Å². The number of nitrogens with two attached hydrogens (primary N) is 1. The summed E-state index contributed by atoms with van der Waals surface area (Å²) in [6.07, 6.45) is 0. The number of benzene rings is 1. The van der Waals surface area contributed by atoms with E-state index in [0.29, 0.717) is 6.54 Å². The number of halogens is 1. The highest BCUT2D eigenvalue weighted by Gasteiger charge is 2.08. The summed E-state index contributed by atoms with van der Waals surface area (Å²) in [5.74, 6) is -0.251. The number of hydrogen-bond donors (Lipinski definition) is 3. The summed E-state index contributed by atoms with van der Waals surface area (Å²) in [7, 11) is 0. The molecule has 1 atom stereocenters. The number of nitrogens with zero attached hydrogens (tertiary/aromatic N) is 1. The quantitative estimate of drug-likeness (QED) is 0.317. The van der Waals surface area contributed by atoms with E-state index < -0.39 is 0 Å². The Morgan fingerprint density at radius 1 is 1.62 bits per heavy atom. The SMILES string of the molecule is Cc1ccc(F)cc1NCC(C)C(N)=NO. The van der Waals surface area contributed by atoms with E-state index in [4.69, 9.17) is 10.9 Å². The summed E-state index contributed by atoms with van der Waals surface area (Å²) in [4.78, 5) is 0. The summed E-state index contributed by atoms with van der Waals surface area (Å²) >= 11 is 0. The minimum absolute atomic E-state index is 0.118. The smallest absolute Gasteiger partial charge is 0.143 e. The third kappa shape index (κ3) is 3.12. The molecule has 5 heteroatoms. The molecule has 0 spiro atoms. The number of amidine groups is 1. The highest BCUT2D eigenvalue weighted by atomic mass is 19.1. The van der Waals surface area contributed by atoms with Gasteiger partial charge in [-0.05, 0) is 24.6 Å². The lowest BCUT2D eigenvalue weighted by Gasteiger charge is -2.13. The highest BCUT2D eigenvalue weighted by Crippen LogP contribution is 2.16. The number of hydrogen-bond acceptors (Lipinski definition) is 3. The minimum Gasteiger partial charge on any atom is -0.409 e. The molecule has 88 valence electrons. The first kappa shape index (κ1) is 12.3. The largest absolute Gasteiger partial charge is 0.409 e. The fraction of sp³-hybridized carbons (Fsp3) is 0.364. The molecule has 0 aromatic heterocycles. The molecule has 16 heavy (non-hydrogen) atoms. The van der Waals surface area contributed by atoms with Crippen LogP contribution in [0, 0.1) is 18.7 Å². The Bertz CT molecular complexity index is 393. The van der Waals surface area contributed by atoms with Crippen LogP contribution in [0.15, 0.2) is 23.4 Å². The van der Waals surface area contributed by atoms with Crippen LogP contribution in [0.3, 0.4) is 0 Å². The predicted molar refractivity (Wildman–Crippen MR) is 62.2 cm³/mol. The molecule has 0 aliphatic heterocycles. The molecule has 1 rings (SSSR count). The maximum absolute atomic E-state index is 13.0. The Morgan fingerprint density at radius 3 is 2.94 bits per heavy atom. The molecule has 0 amide bonds. The number of aryl methyl sites for hydroxylation is 1. The van der Waals surface area contributed by atoms with Crippen molar-refractivity contribution in [3.63, 3.8) is 0 Å². The Kier molecular flexibility index (Phi) is 4.10. The van der Waals surface area contributed by atoms with Crippen molar-refractivity contribution in [3.05, 3.63) is 29.6 Å². The molecule has 0 saturated carbocycles. The fourth-order valence-corrected chi connectivity index (χ4v) is 1.25. The minimum atomic E-state index is -0.287. The van der Waals surface area contributed by atoms with Crippen molar-refractivity contribution < 1.29 is 9.60 Å². The van der Waals surface area contributed by atoms with Gasteiger partial charge in [-0.1, -0.05) is 18.1 Å². The van der Waals surface area contributed by atoms with Crippen LogP contribution in [0.1, 0.15) is 12.5 Å². The van der Waals surface area contributed by atoms with Crippen molar-refractivity contribution >= 4 is 11.5 Å². The van der Waals surface area contributed by atoms with Crippen molar-refractivity contribution in [3.8, 4) is 0 Å². The molecule has 0 saturated heterocycles. The first-order valence-electron chi connectivity index (χ1n) is 5.02. The zero-order valence-corrected chi connectivity index (χ0v) is 9.37. The molecule has 4 N–H and O–H groups in total. The number of oxime groups is 1. The average Bonchev–Trinajstić information content (AvgIpc) is 2.28. The van der Waals surface area contributed by atoms with Crippen LogP contribution in [0.5, 0.6) is 0 Å². The van der Waals surface area contributed by atoms with E-state index >= 15 is 0 Å². The van der Waals surface area contributed by atoms with E-state index in [-0.39, 0.29) is 17.6 Å². The third-order valence-corrected chi connectivity index (χ3v) is 2.42. The van der Waals surface area contributed by atoms with E-state index in [9.17, 15) is 4.39 Å². The Hall–Kier alpha value is -1.78. The van der Waals surface area contributed by atoms with Crippen molar-refractivity contribution in [2.24, 2.45) is 16.8 Å². The van der Waals surface area contributed by atoms with Crippen molar-refractivity contribution in [2.45, 2.75) is 13.8 Å². The van der Waals surface area contributed by atoms with Gasteiger partial charge >= 0.3 is 0 Å². The molecule has 1 unspecified atom stereocenters. The first-order chi connectivity index (χ1) is 7.54. The number of nitrogens with one attached hydrogen (secondary N) is 1. The van der Waals surface area contributed by atoms with Gasteiger partial charge in [-0.15, -0.1) is 0 Å². The molecule has 0 aliphatic rings. The van der Waals surface area contributed by atoms with Crippen molar-refractivity contribution in [1.29, 1.82) is 0 Å².